The average Bonchev–Trinajstić information content (AvgIpc) is 2.46. The lowest BCUT2D eigenvalue weighted by Gasteiger charge is -2.11. The molecule has 94 valence electrons. The average molecular weight is 255 g/mol. The lowest BCUT2D eigenvalue weighted by molar-refractivity contribution is 0.0404. The number of hydrogen-bond acceptors (Lipinski definition) is 3. The van der Waals surface area contributed by atoms with Crippen molar-refractivity contribution in [3.63, 3.8) is 0 Å². The molecule has 0 aliphatic carbocycles. The number of carbonyl (C=O) groups excluding carboxylic acids is 1. The van der Waals surface area contributed by atoms with E-state index in [4.69, 9.17) is 10.00 Å². The number of carbonyl (C=O) groups is 1. The minimum absolute atomic E-state index is 0.366. The number of rotatable bonds is 3. The fourth-order valence-electron chi connectivity index (χ4n) is 1.56. The quantitative estimate of drug-likeness (QED) is 0.791. The summed E-state index contributed by atoms with van der Waals surface area (Å²) in [5, 5.41) is 9.02. The van der Waals surface area contributed by atoms with Crippen LogP contribution in [0.5, 0.6) is 0 Å². The number of ether oxygens (including phenoxy) is 1. The van der Waals surface area contributed by atoms with Crippen molar-refractivity contribution in [1.29, 1.82) is 5.26 Å². The monoisotopic (exact) mass is 255 g/mol. The van der Waals surface area contributed by atoms with E-state index in [1.54, 1.807) is 30.3 Å². The Labute approximate surface area is 109 Å². The lowest BCUT2D eigenvalue weighted by Crippen LogP contribution is -2.10. The number of esters is 1. The van der Waals surface area contributed by atoms with Gasteiger partial charge in [-0.3, -0.25) is 0 Å². The third-order valence-electron chi connectivity index (χ3n) is 2.52. The topological polar surface area (TPSA) is 50.1 Å². The number of benzene rings is 2. The Morgan fingerprint density at radius 2 is 1.74 bits per heavy atom. The number of hydrogen-bond donors (Lipinski definition) is 0. The van der Waals surface area contributed by atoms with Gasteiger partial charge in [-0.1, -0.05) is 30.3 Å². The van der Waals surface area contributed by atoms with E-state index in [0.717, 1.165) is 0 Å². The molecule has 0 saturated heterocycles. The first kappa shape index (κ1) is 12.8. The summed E-state index contributed by atoms with van der Waals surface area (Å²) in [7, 11) is 0. The first-order valence-corrected chi connectivity index (χ1v) is 5.62. The van der Waals surface area contributed by atoms with Crippen molar-refractivity contribution in [2.75, 3.05) is 0 Å². The summed E-state index contributed by atoms with van der Waals surface area (Å²) in [6.07, 6.45) is -1.05. The van der Waals surface area contributed by atoms with Crippen LogP contribution in [0.2, 0.25) is 0 Å². The van der Waals surface area contributed by atoms with Crippen molar-refractivity contribution in [2.24, 2.45) is 0 Å². The van der Waals surface area contributed by atoms with E-state index in [0.29, 0.717) is 11.1 Å². The Morgan fingerprint density at radius 3 is 2.32 bits per heavy atom. The summed E-state index contributed by atoms with van der Waals surface area (Å²) >= 11 is 0. The fraction of sp³-hybridized carbons (Fsp3) is 0.0667. The van der Waals surface area contributed by atoms with E-state index < -0.39 is 17.9 Å². The summed E-state index contributed by atoms with van der Waals surface area (Å²) in [6, 6.07) is 15.5. The maximum atomic E-state index is 12.8. The predicted molar refractivity (Wildman–Crippen MR) is 66.6 cm³/mol. The lowest BCUT2D eigenvalue weighted by atomic mass is 10.1. The van der Waals surface area contributed by atoms with Crippen LogP contribution in [-0.4, -0.2) is 5.97 Å². The van der Waals surface area contributed by atoms with Crippen molar-refractivity contribution in [3.8, 4) is 6.07 Å². The van der Waals surface area contributed by atoms with Gasteiger partial charge in [0.25, 0.3) is 0 Å². The largest absolute Gasteiger partial charge is 0.438 e. The maximum absolute atomic E-state index is 12.8. The molecular formula is C15H10FNO2. The Bertz CT molecular complexity index is 602. The van der Waals surface area contributed by atoms with Gasteiger partial charge >= 0.3 is 5.97 Å². The van der Waals surface area contributed by atoms with Crippen LogP contribution in [0.1, 0.15) is 22.0 Å². The van der Waals surface area contributed by atoms with E-state index in [9.17, 15) is 9.18 Å². The Balaban J connectivity index is 2.14. The summed E-state index contributed by atoms with van der Waals surface area (Å²) in [5.74, 6) is -0.994. The van der Waals surface area contributed by atoms with Gasteiger partial charge in [-0.2, -0.15) is 5.26 Å². The van der Waals surface area contributed by atoms with Crippen LogP contribution in [0, 0.1) is 17.1 Å². The van der Waals surface area contributed by atoms with E-state index in [1.807, 2.05) is 6.07 Å². The van der Waals surface area contributed by atoms with Gasteiger partial charge in [-0.25, -0.2) is 9.18 Å². The van der Waals surface area contributed by atoms with Gasteiger partial charge in [0.2, 0.25) is 6.10 Å². The Hall–Kier alpha value is -2.67. The summed E-state index contributed by atoms with van der Waals surface area (Å²) < 4.78 is 17.9. The SMILES string of the molecule is N#CC(OC(=O)c1ccccc1)c1ccc(F)cc1. The minimum Gasteiger partial charge on any atom is -0.438 e. The van der Waals surface area contributed by atoms with Gasteiger partial charge in [0, 0.05) is 5.56 Å². The van der Waals surface area contributed by atoms with Gasteiger partial charge in [0.05, 0.1) is 5.56 Å². The zero-order valence-corrected chi connectivity index (χ0v) is 9.92. The molecule has 0 N–H and O–H groups in total. The first-order chi connectivity index (χ1) is 9.20. The molecule has 0 fully saturated rings. The third-order valence-corrected chi connectivity index (χ3v) is 2.52. The normalized spacial score (nSPS) is 11.4. The molecule has 1 atom stereocenters. The standard InChI is InChI=1S/C15H10FNO2/c16-13-8-6-11(7-9-13)14(10-17)19-15(18)12-4-2-1-3-5-12/h1-9,14H. The van der Waals surface area contributed by atoms with E-state index in [-0.39, 0.29) is 0 Å². The zero-order valence-electron chi connectivity index (χ0n) is 9.92. The highest BCUT2D eigenvalue weighted by Crippen LogP contribution is 2.18. The third kappa shape index (κ3) is 3.17. The first-order valence-electron chi connectivity index (χ1n) is 5.62. The predicted octanol–water partition coefficient (Wildman–Crippen LogP) is 3.25. The Morgan fingerprint density at radius 1 is 1.11 bits per heavy atom. The van der Waals surface area contributed by atoms with Crippen molar-refractivity contribution in [3.05, 3.63) is 71.5 Å². The molecule has 0 spiro atoms. The molecule has 0 radical (unpaired) electrons. The number of halogens is 1. The van der Waals surface area contributed by atoms with Crippen LogP contribution < -0.4 is 0 Å². The van der Waals surface area contributed by atoms with Gasteiger partial charge in [0.15, 0.2) is 0 Å². The van der Waals surface area contributed by atoms with Crippen molar-refractivity contribution >= 4 is 5.97 Å². The molecule has 0 saturated carbocycles. The van der Waals surface area contributed by atoms with Gasteiger partial charge in [-0.15, -0.1) is 0 Å². The van der Waals surface area contributed by atoms with Gasteiger partial charge in [-0.05, 0) is 24.3 Å². The van der Waals surface area contributed by atoms with Crippen LogP contribution >= 0.6 is 0 Å². The molecule has 2 rings (SSSR count). The highest BCUT2D eigenvalue weighted by atomic mass is 19.1. The second kappa shape index (κ2) is 5.78. The highest BCUT2D eigenvalue weighted by Gasteiger charge is 2.17. The number of nitriles is 1. The molecule has 0 aromatic heterocycles. The van der Waals surface area contributed by atoms with E-state index in [1.165, 1.54) is 24.3 Å². The van der Waals surface area contributed by atoms with Crippen molar-refractivity contribution < 1.29 is 13.9 Å². The molecule has 0 aliphatic rings. The van der Waals surface area contributed by atoms with Crippen molar-refractivity contribution in [2.45, 2.75) is 6.10 Å². The fourth-order valence-corrected chi connectivity index (χ4v) is 1.56. The molecule has 2 aromatic rings. The second-order valence-electron chi connectivity index (χ2n) is 3.83. The molecule has 19 heavy (non-hydrogen) atoms. The van der Waals surface area contributed by atoms with Crippen LogP contribution in [-0.2, 0) is 4.74 Å². The molecule has 3 nitrogen and oxygen atoms in total. The highest BCUT2D eigenvalue weighted by molar-refractivity contribution is 5.89. The zero-order chi connectivity index (χ0) is 13.7. The Kier molecular flexibility index (Phi) is 3.89. The smallest absolute Gasteiger partial charge is 0.339 e. The minimum atomic E-state index is -1.05. The molecule has 0 aliphatic heterocycles. The van der Waals surface area contributed by atoms with Gasteiger partial charge in [0.1, 0.15) is 11.9 Å². The molecule has 0 heterocycles. The van der Waals surface area contributed by atoms with E-state index in [2.05, 4.69) is 0 Å². The summed E-state index contributed by atoms with van der Waals surface area (Å²) in [4.78, 5) is 11.8. The second-order valence-corrected chi connectivity index (χ2v) is 3.83. The van der Waals surface area contributed by atoms with Crippen LogP contribution in [0.4, 0.5) is 4.39 Å². The maximum Gasteiger partial charge on any atom is 0.339 e. The number of nitrogens with zero attached hydrogens (tertiary/aromatic N) is 1. The summed E-state index contributed by atoms with van der Waals surface area (Å²) in [5.41, 5.74) is 0.804. The molecule has 0 bridgehead atoms. The van der Waals surface area contributed by atoms with E-state index >= 15 is 0 Å². The summed E-state index contributed by atoms with van der Waals surface area (Å²) in [6.45, 7) is 0. The molecule has 2 aromatic carbocycles. The van der Waals surface area contributed by atoms with Crippen LogP contribution in [0.3, 0.4) is 0 Å². The van der Waals surface area contributed by atoms with Gasteiger partial charge < -0.3 is 4.74 Å². The molecular weight excluding hydrogens is 245 g/mol. The molecule has 1 unspecified atom stereocenters. The molecule has 4 heteroatoms. The van der Waals surface area contributed by atoms with Crippen LogP contribution in [0.25, 0.3) is 0 Å². The van der Waals surface area contributed by atoms with Crippen LogP contribution in [0.15, 0.2) is 54.6 Å². The molecule has 0 amide bonds. The van der Waals surface area contributed by atoms with Crippen molar-refractivity contribution in [1.82, 2.24) is 0 Å².